The summed E-state index contributed by atoms with van der Waals surface area (Å²) in [6, 6.07) is 0. The zero-order valence-electron chi connectivity index (χ0n) is 62.3. The van der Waals surface area contributed by atoms with Gasteiger partial charge < -0.3 is 88.2 Å². The van der Waals surface area contributed by atoms with Crippen molar-refractivity contribution in [3.63, 3.8) is 0 Å². The second-order valence-electron chi connectivity index (χ2n) is 30.3. The SMILES string of the molecule is CO[C@@H]1CC(CC[C@H](C)[C@H](O)[C@H](C)[C@@H](O)[C@@H](C)[C@H]2C[C@H](O)[C@@H](C)[C@@H](OC)C[C@@H]3CC=C[C@@H](CC(O)C/C=C(C)/C=C/C(=O)O[C@@H]([C@H](C)[C@H](O)[C@@H](C)[C@@H](O)C(C)CCC4C[C@H](OC)C[C@H](C)O4)C[C@H](O)[C@H](C)[C@@H](OC)C[C@@H]4CC=C[C@@H](CC(O)C/C=C(C)/C=C/C(=O)O2)O4)O3)O[C@@H](C)C1. The predicted octanol–water partition coefficient (Wildman–Crippen LogP) is 10.1. The molecule has 5 heterocycles. The van der Waals surface area contributed by atoms with Crippen LogP contribution in [0.3, 0.4) is 0 Å². The summed E-state index contributed by atoms with van der Waals surface area (Å²) in [6.07, 6.45) is 14.2. The van der Waals surface area contributed by atoms with Gasteiger partial charge in [-0.25, -0.2) is 9.59 Å². The topological polar surface area (TPSA) is 288 Å². The summed E-state index contributed by atoms with van der Waals surface area (Å²) >= 11 is 0. The van der Waals surface area contributed by atoms with Crippen molar-refractivity contribution in [2.75, 3.05) is 28.4 Å². The van der Waals surface area contributed by atoms with E-state index in [0.717, 1.165) is 38.5 Å². The first-order valence-electron chi connectivity index (χ1n) is 37.1. The first-order valence-corrected chi connectivity index (χ1v) is 37.1. The van der Waals surface area contributed by atoms with Gasteiger partial charge in [0.2, 0.25) is 0 Å². The monoisotopic (exact) mass is 1390 g/mol. The fourth-order valence-corrected chi connectivity index (χ4v) is 15.3. The fraction of sp³-hybridized carbons (Fsp3) is 0.821. The molecule has 5 aliphatic heterocycles. The predicted molar refractivity (Wildman–Crippen MR) is 377 cm³/mol. The Morgan fingerprint density at radius 3 is 1.17 bits per heavy atom. The molecule has 0 aromatic rings. The van der Waals surface area contributed by atoms with Crippen molar-refractivity contribution in [1.29, 1.82) is 0 Å². The molecule has 0 spiro atoms. The highest BCUT2D eigenvalue weighted by atomic mass is 16.6. The lowest BCUT2D eigenvalue weighted by Crippen LogP contribution is -2.45. The molecule has 5 rings (SSSR count). The molecule has 20 heteroatoms. The molecule has 30 atom stereocenters. The molecule has 98 heavy (non-hydrogen) atoms. The van der Waals surface area contributed by atoms with Crippen molar-refractivity contribution >= 4 is 11.9 Å². The van der Waals surface area contributed by atoms with Crippen molar-refractivity contribution in [1.82, 2.24) is 0 Å². The van der Waals surface area contributed by atoms with Gasteiger partial charge >= 0.3 is 11.9 Å². The number of aliphatic hydroxyl groups excluding tert-OH is 8. The average molecular weight is 1390 g/mol. The standard InChI is InChI=1S/C78H132O20/c1-45-23-29-57(79)37-59-19-17-21-61(95-59)41-69(91-15)52(8)68(82)44-72(54(10)78(88)56(12)76(86)48(4)28-32-64-40-66(90-14)36-50(6)94-64)98-74(84)34-26-46(2)24-30-58(80)38-60-20-18-22-62(96-60)42-70(92-16)51(7)67(81)43-71(97-73(83)33-25-45)53(9)77(87)55(11)75(85)47(3)27-31-63-39-65(89-13)35-49(5)93-63/h17-20,23-26,33-34,47-72,75-82,85-88H,21-22,27-32,35-44H2,1-16H3/b33-25+,34-26+,45-23+,46-24+/t47-,48?,49-,50-,51+,52-,53-,54-,55-,56-,57?,58?,59-,60-,61-,62-,63?,64?,65-,66+,67-,68-,69-,70-,71+,72+,75-,76-,77-,78-/m0/s1. The molecule has 0 aromatic carbocycles. The summed E-state index contributed by atoms with van der Waals surface area (Å²) in [4.78, 5) is 27.8. The number of hydrogen-bond donors (Lipinski definition) is 8. The van der Waals surface area contributed by atoms with Crippen molar-refractivity contribution < 1.29 is 97.8 Å². The normalized spacial score (nSPS) is 38.9. The number of carbonyl (C=O) groups excluding carboxylic acids is 2. The smallest absolute Gasteiger partial charge is 0.331 e. The van der Waals surface area contributed by atoms with E-state index >= 15 is 0 Å². The number of fused-ring (bicyclic) bond motifs is 4. The summed E-state index contributed by atoms with van der Waals surface area (Å²) in [5.74, 6) is -5.49. The number of methoxy groups -OCH3 is 4. The first-order chi connectivity index (χ1) is 46.4. The van der Waals surface area contributed by atoms with Crippen LogP contribution in [-0.2, 0) is 57.0 Å². The quantitative estimate of drug-likeness (QED) is 0.0415. The minimum absolute atomic E-state index is 0.00669. The highest BCUT2D eigenvalue weighted by molar-refractivity contribution is 5.83. The van der Waals surface area contributed by atoms with E-state index < -0.39 is 133 Å². The van der Waals surface area contributed by atoms with Gasteiger partial charge in [-0.05, 0) is 117 Å². The van der Waals surface area contributed by atoms with Gasteiger partial charge in [-0.1, -0.05) is 115 Å². The van der Waals surface area contributed by atoms with E-state index in [-0.39, 0.29) is 99.2 Å². The van der Waals surface area contributed by atoms with Gasteiger partial charge in [0, 0.05) is 115 Å². The van der Waals surface area contributed by atoms with Crippen LogP contribution in [0.25, 0.3) is 0 Å². The van der Waals surface area contributed by atoms with Crippen LogP contribution < -0.4 is 0 Å². The molecule has 4 bridgehead atoms. The summed E-state index contributed by atoms with van der Waals surface area (Å²) in [6.45, 7) is 22.5. The maximum Gasteiger partial charge on any atom is 0.331 e. The Morgan fingerprint density at radius 2 is 0.827 bits per heavy atom. The molecular weight excluding hydrogens is 1260 g/mol. The van der Waals surface area contributed by atoms with Crippen molar-refractivity contribution in [2.45, 2.75) is 333 Å². The Bertz CT molecular complexity index is 2320. The number of esters is 2. The lowest BCUT2D eigenvalue weighted by molar-refractivity contribution is -0.155. The van der Waals surface area contributed by atoms with Gasteiger partial charge in [-0.3, -0.25) is 0 Å². The van der Waals surface area contributed by atoms with Crippen LogP contribution in [-0.4, -0.2) is 216 Å². The molecule has 20 nitrogen and oxygen atoms in total. The number of cyclic esters (lactones) is 2. The summed E-state index contributed by atoms with van der Waals surface area (Å²) < 4.78 is 61.3. The minimum Gasteiger partial charge on any atom is -0.459 e. The number of carbonyl (C=O) groups is 2. The highest BCUT2D eigenvalue weighted by Crippen LogP contribution is 2.36. The molecule has 5 aliphatic rings. The van der Waals surface area contributed by atoms with E-state index in [9.17, 15) is 50.4 Å². The maximum atomic E-state index is 13.9. The van der Waals surface area contributed by atoms with E-state index in [1.807, 2.05) is 91.8 Å². The Morgan fingerprint density at radius 1 is 0.459 bits per heavy atom. The number of rotatable bonds is 20. The van der Waals surface area contributed by atoms with Gasteiger partial charge in [0.05, 0.1) is 122 Å². The second-order valence-corrected chi connectivity index (χ2v) is 30.3. The van der Waals surface area contributed by atoms with E-state index in [2.05, 4.69) is 0 Å². The van der Waals surface area contributed by atoms with Crippen LogP contribution in [0.4, 0.5) is 0 Å². The van der Waals surface area contributed by atoms with Crippen molar-refractivity contribution in [2.24, 2.45) is 47.3 Å². The zero-order valence-corrected chi connectivity index (χ0v) is 62.3. The number of allylic oxidation sites excluding steroid dienone is 4. The average Bonchev–Trinajstić information content (AvgIpc) is 0.858. The lowest BCUT2D eigenvalue weighted by atomic mass is 9.79. The zero-order chi connectivity index (χ0) is 72.5. The van der Waals surface area contributed by atoms with Gasteiger partial charge in [0.15, 0.2) is 0 Å². The van der Waals surface area contributed by atoms with Crippen LogP contribution in [0.15, 0.2) is 71.9 Å². The van der Waals surface area contributed by atoms with Gasteiger partial charge in [-0.15, -0.1) is 0 Å². The molecule has 8 N–H and O–H groups in total. The Balaban J connectivity index is 1.35. The molecule has 2 fully saturated rings. The third-order valence-electron chi connectivity index (χ3n) is 22.3. The van der Waals surface area contributed by atoms with Crippen molar-refractivity contribution in [3.05, 3.63) is 71.9 Å². The lowest BCUT2D eigenvalue weighted by Gasteiger charge is -2.37. The largest absolute Gasteiger partial charge is 0.459 e. The number of hydrogen-bond acceptors (Lipinski definition) is 20. The van der Waals surface area contributed by atoms with Crippen LogP contribution in [0, 0.1) is 47.3 Å². The maximum absolute atomic E-state index is 13.9. The van der Waals surface area contributed by atoms with Crippen LogP contribution in [0.5, 0.6) is 0 Å². The Labute approximate surface area is 587 Å². The summed E-state index contributed by atoms with van der Waals surface area (Å²) in [5.41, 5.74) is 1.37. The molecule has 0 aliphatic carbocycles. The molecule has 0 aromatic heterocycles. The second kappa shape index (κ2) is 43.1. The molecule has 564 valence electrons. The number of ether oxygens (including phenoxy) is 10. The van der Waals surface area contributed by atoms with Crippen LogP contribution >= 0.6 is 0 Å². The summed E-state index contributed by atoms with van der Waals surface area (Å²) in [5, 5.41) is 94.5. The third kappa shape index (κ3) is 28.1. The molecule has 0 saturated carbocycles. The van der Waals surface area contributed by atoms with E-state index in [1.54, 1.807) is 68.3 Å². The van der Waals surface area contributed by atoms with Gasteiger partial charge in [0.1, 0.15) is 12.2 Å². The molecule has 5 unspecified atom stereocenters. The number of aliphatic hydroxyl groups is 8. The molecule has 0 radical (unpaired) electrons. The molecule has 2 saturated heterocycles. The third-order valence-corrected chi connectivity index (χ3v) is 22.3. The first kappa shape index (κ1) is 85.4. The summed E-state index contributed by atoms with van der Waals surface area (Å²) in [7, 11) is 6.59. The minimum atomic E-state index is -1.13. The molecular formula is C78H132O20. The van der Waals surface area contributed by atoms with E-state index in [0.29, 0.717) is 49.7 Å². The van der Waals surface area contributed by atoms with Gasteiger partial charge in [-0.2, -0.15) is 0 Å². The Hall–Kier alpha value is -3.26. The molecule has 0 amide bonds. The van der Waals surface area contributed by atoms with Crippen molar-refractivity contribution in [3.8, 4) is 0 Å². The van der Waals surface area contributed by atoms with E-state index in [1.165, 1.54) is 12.2 Å². The van der Waals surface area contributed by atoms with Crippen LogP contribution in [0.2, 0.25) is 0 Å². The van der Waals surface area contributed by atoms with Crippen LogP contribution in [0.1, 0.15) is 199 Å². The Kier molecular flexibility index (Phi) is 37.6. The highest BCUT2D eigenvalue weighted by Gasteiger charge is 2.42. The fourth-order valence-electron chi connectivity index (χ4n) is 15.3. The van der Waals surface area contributed by atoms with Gasteiger partial charge in [0.25, 0.3) is 0 Å². The van der Waals surface area contributed by atoms with E-state index in [4.69, 9.17) is 47.4 Å².